The van der Waals surface area contributed by atoms with E-state index in [1.807, 2.05) is 67.6 Å². The van der Waals surface area contributed by atoms with Crippen LogP contribution in [-0.4, -0.2) is 108 Å². The Labute approximate surface area is 599 Å². The molecule has 0 radical (unpaired) electrons. The van der Waals surface area contributed by atoms with Crippen LogP contribution < -0.4 is 22.0 Å². The first-order chi connectivity index (χ1) is 47.4. The molecule has 1 heterocycles. The average Bonchev–Trinajstić information content (AvgIpc) is 0.699. The number of nitrogens with two attached hydrogens (primary N) is 1. The highest BCUT2D eigenvalue weighted by molar-refractivity contribution is 5.94. The van der Waals surface area contributed by atoms with Crippen molar-refractivity contribution in [2.45, 2.75) is 239 Å². The van der Waals surface area contributed by atoms with Crippen LogP contribution in [-0.2, 0) is 80.0 Å². The molecule has 9 N–H and O–H groups in total. The highest BCUT2D eigenvalue weighted by Gasteiger charge is 2.39. The van der Waals surface area contributed by atoms with Crippen molar-refractivity contribution in [2.24, 2.45) is 45.1 Å². The quantitative estimate of drug-likeness (QED) is 0.0331. The van der Waals surface area contributed by atoms with Crippen molar-refractivity contribution in [3.63, 3.8) is 0 Å². The Morgan fingerprint density at radius 3 is 1.03 bits per heavy atom. The van der Waals surface area contributed by atoms with Gasteiger partial charge in [-0.3, -0.25) is 39.2 Å². The number of fused-ring (bicyclic) bond motifs is 4. The number of carbonyl (C=O) groups excluding carboxylic acids is 7. The molecule has 4 aromatic rings. The minimum Gasteiger partial charge on any atom is -0.481 e. The van der Waals surface area contributed by atoms with Crippen LogP contribution >= 0.6 is 12.4 Å². The molecule has 0 spiro atoms. The van der Waals surface area contributed by atoms with Gasteiger partial charge >= 0.3 is 17.9 Å². The molecule has 4 fully saturated rings. The van der Waals surface area contributed by atoms with E-state index in [2.05, 4.69) is 30.8 Å². The number of carboxylic acid groups (broad SMARTS) is 1. The number of aliphatic hydroxyl groups is 1. The van der Waals surface area contributed by atoms with Gasteiger partial charge in [0.25, 0.3) is 11.8 Å². The lowest BCUT2D eigenvalue weighted by atomic mass is 9.69. The molecule has 7 aliphatic carbocycles. The molecule has 4 unspecified atom stereocenters. The number of ether oxygens (including phenoxy) is 2. The number of carboxylic acids is 1. The van der Waals surface area contributed by atoms with Crippen LogP contribution in [0.5, 0.6) is 0 Å². The number of aliphatic hydroxyl groups excluding tert-OH is 1. The maximum atomic E-state index is 12.8. The summed E-state index contributed by atoms with van der Waals surface area (Å²) in [5, 5.41) is 36.7. The third-order valence-electron chi connectivity index (χ3n) is 23.2. The lowest BCUT2D eigenvalue weighted by Crippen LogP contribution is -2.41. The Morgan fingerprint density at radius 1 is 0.430 bits per heavy atom. The first-order valence-corrected chi connectivity index (χ1v) is 36.7. The number of ketones is 3. The third kappa shape index (κ3) is 22.7. The number of rotatable bonds is 14. The maximum Gasteiger partial charge on any atom is 0.337 e. The number of amides is 2. The van der Waals surface area contributed by atoms with E-state index in [0.717, 1.165) is 173 Å². The Hall–Kier alpha value is -6.67. The van der Waals surface area contributed by atoms with Crippen molar-refractivity contribution in [1.82, 2.24) is 16.3 Å². The minimum absolute atomic E-state index is 0. The Balaban J connectivity index is 0.000000200. The van der Waals surface area contributed by atoms with E-state index in [0.29, 0.717) is 76.6 Å². The first-order valence-electron chi connectivity index (χ1n) is 36.7. The molecule has 550 valence electrons. The van der Waals surface area contributed by atoms with E-state index in [1.165, 1.54) is 92.5 Å². The maximum absolute atomic E-state index is 12.8. The lowest BCUT2D eigenvalue weighted by molar-refractivity contribution is -0.149. The van der Waals surface area contributed by atoms with Crippen molar-refractivity contribution < 1.29 is 68.5 Å². The zero-order valence-electron chi connectivity index (χ0n) is 60.6. The van der Waals surface area contributed by atoms with E-state index < -0.39 is 23.2 Å². The molecule has 0 aromatic heterocycles. The summed E-state index contributed by atoms with van der Waals surface area (Å²) >= 11 is 0. The molecule has 0 bridgehead atoms. The average molecular weight is 1400 g/mol. The van der Waals surface area contributed by atoms with Gasteiger partial charge in [-0.2, -0.15) is 0 Å². The number of carbonyl (C=O) groups is 8. The molecule has 100 heavy (non-hydrogen) atoms. The van der Waals surface area contributed by atoms with Crippen LogP contribution in [0.4, 0.5) is 0 Å². The number of aryl methyl sites for hydroxylation is 4. The fraction of sp³-hybridized carbons (Fsp3) is 0.605. The van der Waals surface area contributed by atoms with Crippen molar-refractivity contribution >= 4 is 59.5 Å². The van der Waals surface area contributed by atoms with E-state index >= 15 is 0 Å². The van der Waals surface area contributed by atoms with Gasteiger partial charge in [-0.25, -0.2) is 20.5 Å². The molecule has 8 aliphatic rings. The smallest absolute Gasteiger partial charge is 0.337 e. The van der Waals surface area contributed by atoms with Crippen molar-refractivity contribution in [2.75, 3.05) is 34.4 Å². The third-order valence-corrected chi connectivity index (χ3v) is 23.2. The van der Waals surface area contributed by atoms with E-state index in [9.17, 15) is 38.4 Å². The van der Waals surface area contributed by atoms with Gasteiger partial charge in [-0.1, -0.05) is 103 Å². The number of hydrogen-bond acceptors (Lipinski definition) is 15. The summed E-state index contributed by atoms with van der Waals surface area (Å²) in [5.41, 5.74) is 20.5. The van der Waals surface area contributed by atoms with Gasteiger partial charge in [0.1, 0.15) is 17.3 Å². The molecule has 4 atom stereocenters. The zero-order chi connectivity index (χ0) is 71.9. The summed E-state index contributed by atoms with van der Waals surface area (Å²) in [6, 6.07) is 22.9. The second-order valence-electron chi connectivity index (χ2n) is 30.5. The number of piperidine rings is 1. The van der Waals surface area contributed by atoms with Crippen molar-refractivity contribution in [1.29, 1.82) is 0 Å². The number of halogens is 1. The van der Waals surface area contributed by atoms with Crippen LogP contribution in [0.15, 0.2) is 72.8 Å². The number of hydrogen-bond donors (Lipinski definition) is 8. The molecule has 4 aromatic carbocycles. The van der Waals surface area contributed by atoms with Crippen LogP contribution in [0.2, 0.25) is 0 Å². The molecule has 3 saturated carbocycles. The predicted molar refractivity (Wildman–Crippen MR) is 389 cm³/mol. The van der Waals surface area contributed by atoms with Crippen LogP contribution in [0, 0.1) is 39.4 Å². The second kappa shape index (κ2) is 39.1. The topological polar surface area (TPSA) is 298 Å². The number of Topliss-reactive ketones (excluding diaryl/α,β-unsaturated/α-hetero) is 3. The van der Waals surface area contributed by atoms with E-state index in [1.54, 1.807) is 23.1 Å². The standard InChI is InChI=1S/C21H28O3.C20H27NO3.C19H26N2O3.C12H15NO2.C8H14O2.CH4O.ClH/c1-21(10-4-3-5-11-21)19(22)13-15-6-7-16-8-9-17(20(23)24-2)14-18(16)12-15;1-20(9-3-2-4-10-20)18(22)12-14-5-6-15-7-8-16(19(23)21-24)13-17(15)11-14;1-19(6-8-20-9-7-19)17(22)11-13-2-3-14-4-5-15(18(23)21-24)12-16(14)10-13;1-15-12(14)9-3-2-8-4-5-11(13)7-10(8)6-9;1-8(7(9)10)5-3-2-4-6-8;1-2;/h8-9,14-15H,3-7,10-13H2,1-2H3;7-8,13-14,24H,2-6,9-12H2,1H3,(H,21,23);4-5,12-13,20,24H,2-3,6-11H2,1H3,(H,21,23);2-3,6,11H,4-5,7,13H2,1H3;2-6H2,1H3,(H,9,10);2H,1H3;1H. The van der Waals surface area contributed by atoms with Crippen molar-refractivity contribution in [3.8, 4) is 0 Å². The second-order valence-corrected chi connectivity index (χ2v) is 30.5. The number of methoxy groups -OCH3 is 2. The fourth-order valence-corrected chi connectivity index (χ4v) is 16.3. The number of aliphatic carboxylic acids is 1. The summed E-state index contributed by atoms with van der Waals surface area (Å²) in [7, 11) is 3.81. The van der Waals surface area contributed by atoms with Gasteiger partial charge in [0, 0.05) is 59.8 Å². The summed E-state index contributed by atoms with van der Waals surface area (Å²) in [6.07, 6.45) is 32.0. The SMILES string of the molecule is CC1(C(=O)CC2CCc3ccc(C(=O)NO)cc3C2)CCCCC1.CC1(C(=O)CC2CCc3ccc(C(=O)NO)cc3C2)CCNCC1.CC1(C(=O)O)CCCCC1.CO.COC(=O)c1ccc2c(c1)CC(CC(=O)C1(C)CCCCC1)CC2.COC(=O)c1ccc2c(c1)CC(N)CC2.Cl. The Morgan fingerprint density at radius 2 is 0.720 bits per heavy atom. The number of hydroxylamine groups is 2. The first kappa shape index (κ1) is 82.3. The summed E-state index contributed by atoms with van der Waals surface area (Å²) < 4.78 is 9.50. The molecular formula is C81H115ClN4O14. The number of benzene rings is 4. The Bertz CT molecular complexity index is 3150. The monoisotopic (exact) mass is 1400 g/mol. The van der Waals surface area contributed by atoms with Gasteiger partial charge in [-0.15, -0.1) is 12.4 Å². The van der Waals surface area contributed by atoms with Gasteiger partial charge in [0.15, 0.2) is 0 Å². The molecule has 18 nitrogen and oxygen atoms in total. The van der Waals surface area contributed by atoms with Crippen molar-refractivity contribution in [3.05, 3.63) is 140 Å². The van der Waals surface area contributed by atoms with Gasteiger partial charge in [-0.05, 0) is 259 Å². The fourth-order valence-electron chi connectivity index (χ4n) is 16.3. The van der Waals surface area contributed by atoms with Crippen LogP contribution in [0.25, 0.3) is 0 Å². The van der Waals surface area contributed by atoms with Crippen LogP contribution in [0.1, 0.15) is 268 Å². The molecular weight excluding hydrogens is 1290 g/mol. The molecule has 12 rings (SSSR count). The van der Waals surface area contributed by atoms with E-state index in [-0.39, 0.29) is 46.6 Å². The lowest BCUT2D eigenvalue weighted by Gasteiger charge is -2.34. The van der Waals surface area contributed by atoms with Gasteiger partial charge in [0.2, 0.25) is 0 Å². The minimum atomic E-state index is -0.618. The summed E-state index contributed by atoms with van der Waals surface area (Å²) in [6.45, 7) is 10.1. The zero-order valence-corrected chi connectivity index (χ0v) is 61.5. The summed E-state index contributed by atoms with van der Waals surface area (Å²) in [4.78, 5) is 95.4. The number of nitrogens with one attached hydrogen (secondary N) is 3. The van der Waals surface area contributed by atoms with Crippen LogP contribution in [0.3, 0.4) is 0 Å². The summed E-state index contributed by atoms with van der Waals surface area (Å²) in [5.74, 6) is 0.261. The molecule has 1 saturated heterocycles. The van der Waals surface area contributed by atoms with E-state index in [4.69, 9.17) is 31.1 Å². The molecule has 19 heteroatoms. The van der Waals surface area contributed by atoms with Gasteiger partial charge in [0.05, 0.1) is 30.8 Å². The Kier molecular flexibility index (Phi) is 32.2. The molecule has 1 aliphatic heterocycles. The largest absolute Gasteiger partial charge is 0.481 e. The van der Waals surface area contributed by atoms with Gasteiger partial charge < -0.3 is 30.7 Å². The highest BCUT2D eigenvalue weighted by atomic mass is 35.5. The normalized spacial score (nSPS) is 21.6. The predicted octanol–water partition coefficient (Wildman–Crippen LogP) is 14.0. The number of esters is 2. The highest BCUT2D eigenvalue weighted by Crippen LogP contribution is 2.43. The molecule has 2 amide bonds.